The van der Waals surface area contributed by atoms with Gasteiger partial charge in [-0.1, -0.05) is 11.6 Å². The molecule has 1 saturated heterocycles. The Morgan fingerprint density at radius 2 is 2.06 bits per heavy atom. The molecule has 17 heavy (non-hydrogen) atoms. The summed E-state index contributed by atoms with van der Waals surface area (Å²) in [5, 5.41) is 3.40. The van der Waals surface area contributed by atoms with E-state index in [4.69, 9.17) is 11.6 Å². The van der Waals surface area contributed by atoms with Gasteiger partial charge < -0.3 is 5.32 Å². The maximum absolute atomic E-state index is 12.6. The van der Waals surface area contributed by atoms with E-state index in [9.17, 15) is 13.2 Å². The lowest BCUT2D eigenvalue weighted by Crippen LogP contribution is -2.23. The summed E-state index contributed by atoms with van der Waals surface area (Å²) in [5.41, 5.74) is -0.0257. The van der Waals surface area contributed by atoms with Crippen molar-refractivity contribution >= 4 is 11.6 Å². The number of rotatable bonds is 2. The van der Waals surface area contributed by atoms with E-state index in [0.717, 1.165) is 25.5 Å². The number of benzene rings is 1. The van der Waals surface area contributed by atoms with Gasteiger partial charge in [0.15, 0.2) is 0 Å². The van der Waals surface area contributed by atoms with Gasteiger partial charge in [0, 0.05) is 11.1 Å². The summed E-state index contributed by atoms with van der Waals surface area (Å²) >= 11 is 5.72. The van der Waals surface area contributed by atoms with Crippen LogP contribution in [0.4, 0.5) is 13.2 Å². The molecule has 1 unspecified atom stereocenters. The second-order valence-corrected chi connectivity index (χ2v) is 4.78. The number of nitrogens with one attached hydrogen (secondary N) is 1. The zero-order valence-corrected chi connectivity index (χ0v) is 9.91. The molecule has 1 aliphatic rings. The molecule has 0 aromatic heterocycles. The van der Waals surface area contributed by atoms with Crippen molar-refractivity contribution in [3.63, 3.8) is 0 Å². The van der Waals surface area contributed by atoms with Gasteiger partial charge in [-0.25, -0.2) is 0 Å². The summed E-state index contributed by atoms with van der Waals surface area (Å²) in [5.74, 6) is 0. The Kier molecular flexibility index (Phi) is 3.64. The van der Waals surface area contributed by atoms with Crippen molar-refractivity contribution in [1.82, 2.24) is 5.32 Å². The van der Waals surface area contributed by atoms with Crippen LogP contribution < -0.4 is 5.32 Å². The van der Waals surface area contributed by atoms with Gasteiger partial charge in [0.05, 0.1) is 5.56 Å². The summed E-state index contributed by atoms with van der Waals surface area (Å²) in [6, 6.07) is 4.03. The minimum absolute atomic E-state index is 0.146. The molecule has 0 bridgehead atoms. The molecular formula is C12H13ClF3N. The fraction of sp³-hybridized carbons (Fsp3) is 0.500. The normalized spacial score (nSPS) is 20.8. The third-order valence-corrected chi connectivity index (χ3v) is 3.15. The van der Waals surface area contributed by atoms with Crippen LogP contribution in [0.2, 0.25) is 5.02 Å². The van der Waals surface area contributed by atoms with Gasteiger partial charge in [0.25, 0.3) is 0 Å². The first-order valence-electron chi connectivity index (χ1n) is 5.55. The van der Waals surface area contributed by atoms with E-state index in [1.165, 1.54) is 6.07 Å². The lowest BCUT2D eigenvalue weighted by Gasteiger charge is -2.13. The molecule has 1 aromatic rings. The average Bonchev–Trinajstić information content (AvgIpc) is 2.68. The van der Waals surface area contributed by atoms with Crippen LogP contribution in [-0.2, 0) is 12.6 Å². The van der Waals surface area contributed by atoms with Crippen LogP contribution in [0.15, 0.2) is 18.2 Å². The Labute approximate surface area is 103 Å². The molecule has 1 atom stereocenters. The Bertz CT molecular complexity index is 397. The first-order chi connectivity index (χ1) is 7.95. The first kappa shape index (κ1) is 12.7. The average molecular weight is 264 g/mol. The van der Waals surface area contributed by atoms with Crippen molar-refractivity contribution in [3.8, 4) is 0 Å². The molecule has 0 amide bonds. The van der Waals surface area contributed by atoms with E-state index in [-0.39, 0.29) is 11.1 Å². The Morgan fingerprint density at radius 1 is 1.29 bits per heavy atom. The van der Waals surface area contributed by atoms with E-state index >= 15 is 0 Å². The van der Waals surface area contributed by atoms with Gasteiger partial charge in [0.2, 0.25) is 0 Å². The molecule has 1 N–H and O–H groups in total. The van der Waals surface area contributed by atoms with E-state index in [1.54, 1.807) is 6.07 Å². The molecule has 1 aromatic carbocycles. The highest BCUT2D eigenvalue weighted by Gasteiger charge is 2.31. The van der Waals surface area contributed by atoms with E-state index < -0.39 is 11.7 Å². The first-order valence-corrected chi connectivity index (χ1v) is 5.93. The predicted molar refractivity (Wildman–Crippen MR) is 61.2 cm³/mol. The molecule has 1 fully saturated rings. The van der Waals surface area contributed by atoms with E-state index in [0.29, 0.717) is 12.0 Å². The van der Waals surface area contributed by atoms with Crippen LogP contribution in [0, 0.1) is 0 Å². The van der Waals surface area contributed by atoms with Gasteiger partial charge in [0.1, 0.15) is 0 Å². The molecule has 5 heteroatoms. The molecule has 0 saturated carbocycles. The third kappa shape index (κ3) is 3.36. The lowest BCUT2D eigenvalue weighted by molar-refractivity contribution is -0.137. The Hall–Kier alpha value is -0.740. The zero-order chi connectivity index (χ0) is 12.5. The van der Waals surface area contributed by atoms with Crippen molar-refractivity contribution in [2.75, 3.05) is 6.54 Å². The van der Waals surface area contributed by atoms with Crippen molar-refractivity contribution < 1.29 is 13.2 Å². The van der Waals surface area contributed by atoms with Gasteiger partial charge in [-0.2, -0.15) is 13.2 Å². The van der Waals surface area contributed by atoms with Gasteiger partial charge >= 0.3 is 6.18 Å². The number of alkyl halides is 3. The van der Waals surface area contributed by atoms with Crippen LogP contribution in [0.5, 0.6) is 0 Å². The smallest absolute Gasteiger partial charge is 0.314 e. The molecule has 0 aliphatic carbocycles. The summed E-state index contributed by atoms with van der Waals surface area (Å²) in [4.78, 5) is 0. The topological polar surface area (TPSA) is 12.0 Å². The van der Waals surface area contributed by atoms with Crippen molar-refractivity contribution in [2.45, 2.75) is 31.5 Å². The van der Waals surface area contributed by atoms with E-state index in [1.807, 2.05) is 0 Å². The Morgan fingerprint density at radius 3 is 2.65 bits per heavy atom. The van der Waals surface area contributed by atoms with Crippen molar-refractivity contribution in [3.05, 3.63) is 34.3 Å². The second kappa shape index (κ2) is 4.86. The fourth-order valence-electron chi connectivity index (χ4n) is 2.15. The fourth-order valence-corrected chi connectivity index (χ4v) is 2.41. The van der Waals surface area contributed by atoms with Crippen molar-refractivity contribution in [1.29, 1.82) is 0 Å². The van der Waals surface area contributed by atoms with Crippen LogP contribution in [-0.4, -0.2) is 12.6 Å². The third-order valence-electron chi connectivity index (χ3n) is 2.93. The largest absolute Gasteiger partial charge is 0.416 e. The quantitative estimate of drug-likeness (QED) is 0.859. The number of halogens is 4. The van der Waals surface area contributed by atoms with Crippen LogP contribution >= 0.6 is 11.6 Å². The Balaban J connectivity index is 2.19. The van der Waals surface area contributed by atoms with Gasteiger partial charge in [-0.05, 0) is 49.6 Å². The van der Waals surface area contributed by atoms with E-state index in [2.05, 4.69) is 5.32 Å². The van der Waals surface area contributed by atoms with Gasteiger partial charge in [-0.3, -0.25) is 0 Å². The summed E-state index contributed by atoms with van der Waals surface area (Å²) in [6.07, 6.45) is -1.64. The molecule has 1 heterocycles. The minimum atomic E-state index is -4.33. The number of hydrogen-bond acceptors (Lipinski definition) is 1. The van der Waals surface area contributed by atoms with Crippen LogP contribution in [0.3, 0.4) is 0 Å². The van der Waals surface area contributed by atoms with Crippen LogP contribution in [0.1, 0.15) is 24.0 Å². The predicted octanol–water partition coefficient (Wildman–Crippen LogP) is 3.65. The standard InChI is InChI=1S/C12H13ClF3N/c13-10-5-8(6-11-2-1-3-17-11)4-9(7-10)12(14,15)16/h4-5,7,11,17H,1-3,6H2. The van der Waals surface area contributed by atoms with Crippen molar-refractivity contribution in [2.24, 2.45) is 0 Å². The summed E-state index contributed by atoms with van der Waals surface area (Å²) in [6.45, 7) is 0.942. The summed E-state index contributed by atoms with van der Waals surface area (Å²) < 4.78 is 37.8. The minimum Gasteiger partial charge on any atom is -0.314 e. The van der Waals surface area contributed by atoms with Crippen LogP contribution in [0.25, 0.3) is 0 Å². The maximum atomic E-state index is 12.6. The molecule has 1 nitrogen and oxygen atoms in total. The molecule has 94 valence electrons. The molecule has 0 radical (unpaired) electrons. The molecule has 1 aliphatic heterocycles. The molecular weight excluding hydrogens is 251 g/mol. The monoisotopic (exact) mass is 263 g/mol. The van der Waals surface area contributed by atoms with Gasteiger partial charge in [-0.15, -0.1) is 0 Å². The molecule has 0 spiro atoms. The maximum Gasteiger partial charge on any atom is 0.416 e. The lowest BCUT2D eigenvalue weighted by atomic mass is 10.0. The highest BCUT2D eigenvalue weighted by atomic mass is 35.5. The zero-order valence-electron chi connectivity index (χ0n) is 9.15. The SMILES string of the molecule is FC(F)(F)c1cc(Cl)cc(CC2CCCN2)c1. The molecule has 2 rings (SSSR count). The second-order valence-electron chi connectivity index (χ2n) is 4.34. The highest BCUT2D eigenvalue weighted by molar-refractivity contribution is 6.30. The summed E-state index contributed by atoms with van der Waals surface area (Å²) in [7, 11) is 0. The number of hydrogen-bond donors (Lipinski definition) is 1. The highest BCUT2D eigenvalue weighted by Crippen LogP contribution is 2.32.